The smallest absolute Gasteiger partial charge is 0.151 e. The molecule has 4 nitrogen and oxygen atoms in total. The lowest BCUT2D eigenvalue weighted by Crippen LogP contribution is -2.18. The molecular weight excluding hydrogens is 219 g/mol. The van der Waals surface area contributed by atoms with Crippen molar-refractivity contribution in [2.75, 3.05) is 17.2 Å². The molecule has 0 fully saturated rings. The Morgan fingerprint density at radius 3 is 2.59 bits per heavy atom. The zero-order chi connectivity index (χ0) is 12.3. The van der Waals surface area contributed by atoms with E-state index in [-0.39, 0.29) is 5.82 Å². The van der Waals surface area contributed by atoms with E-state index in [1.165, 1.54) is 18.5 Å². The van der Waals surface area contributed by atoms with Crippen molar-refractivity contribution in [3.05, 3.63) is 42.5 Å². The predicted octanol–water partition coefficient (Wildman–Crippen LogP) is 2.36. The number of para-hydroxylation sites is 1. The molecule has 0 amide bonds. The number of nitrogens with two attached hydrogens (primary N) is 1. The van der Waals surface area contributed by atoms with Crippen molar-refractivity contribution in [2.45, 2.75) is 6.92 Å². The van der Waals surface area contributed by atoms with Gasteiger partial charge in [-0.25, -0.2) is 14.4 Å². The first-order valence-corrected chi connectivity index (χ1v) is 5.32. The number of halogens is 1. The number of rotatable bonds is 3. The van der Waals surface area contributed by atoms with Crippen LogP contribution in [0.25, 0.3) is 0 Å². The normalized spacial score (nSPS) is 10.2. The molecule has 0 spiro atoms. The van der Waals surface area contributed by atoms with Crippen LogP contribution >= 0.6 is 0 Å². The molecule has 5 heteroatoms. The Balaban J connectivity index is 2.40. The Morgan fingerprint density at radius 1 is 1.24 bits per heavy atom. The molecule has 2 N–H and O–H groups in total. The summed E-state index contributed by atoms with van der Waals surface area (Å²) < 4.78 is 13.7. The van der Waals surface area contributed by atoms with Gasteiger partial charge < -0.3 is 10.6 Å². The van der Waals surface area contributed by atoms with Crippen LogP contribution in [-0.2, 0) is 0 Å². The Morgan fingerprint density at radius 2 is 2.00 bits per heavy atom. The fourth-order valence-electron chi connectivity index (χ4n) is 1.60. The number of hydrogen-bond acceptors (Lipinski definition) is 4. The molecule has 2 rings (SSSR count). The number of hydrogen-bond donors (Lipinski definition) is 1. The summed E-state index contributed by atoms with van der Waals surface area (Å²) >= 11 is 0. The standard InChI is InChI=1S/C12H13FN4/c1-2-17(10-6-4-3-5-9(10)13)12-8-15-11(14)7-16-12/h3-8H,2H2,1H3,(H2,14,15). The van der Waals surface area contributed by atoms with E-state index in [1.807, 2.05) is 6.92 Å². The zero-order valence-electron chi connectivity index (χ0n) is 9.47. The second-order valence-corrected chi connectivity index (χ2v) is 3.50. The van der Waals surface area contributed by atoms with Crippen LogP contribution in [0.1, 0.15) is 6.92 Å². The van der Waals surface area contributed by atoms with E-state index in [2.05, 4.69) is 9.97 Å². The third kappa shape index (κ3) is 2.33. The van der Waals surface area contributed by atoms with Crippen molar-refractivity contribution >= 4 is 17.3 Å². The van der Waals surface area contributed by atoms with Crippen LogP contribution in [0, 0.1) is 5.82 Å². The maximum Gasteiger partial charge on any atom is 0.151 e. The van der Waals surface area contributed by atoms with Gasteiger partial charge in [0.05, 0.1) is 18.1 Å². The zero-order valence-corrected chi connectivity index (χ0v) is 9.47. The van der Waals surface area contributed by atoms with Gasteiger partial charge in [-0.15, -0.1) is 0 Å². The van der Waals surface area contributed by atoms with Gasteiger partial charge in [0.2, 0.25) is 0 Å². The topological polar surface area (TPSA) is 55.0 Å². The molecule has 0 aliphatic heterocycles. The Hall–Kier alpha value is -2.17. The van der Waals surface area contributed by atoms with Crippen LogP contribution < -0.4 is 10.6 Å². The van der Waals surface area contributed by atoms with Gasteiger partial charge in [0, 0.05) is 6.54 Å². The Kier molecular flexibility index (Phi) is 3.18. The highest BCUT2D eigenvalue weighted by atomic mass is 19.1. The molecule has 1 aromatic carbocycles. The molecule has 0 saturated carbocycles. The molecular formula is C12H13FN4. The van der Waals surface area contributed by atoms with Crippen molar-refractivity contribution < 1.29 is 4.39 Å². The lowest BCUT2D eigenvalue weighted by Gasteiger charge is -2.21. The van der Waals surface area contributed by atoms with Gasteiger partial charge in [-0.05, 0) is 19.1 Å². The van der Waals surface area contributed by atoms with Crippen molar-refractivity contribution in [2.24, 2.45) is 0 Å². The SMILES string of the molecule is CCN(c1cnc(N)cn1)c1ccccc1F. The van der Waals surface area contributed by atoms with E-state index >= 15 is 0 Å². The van der Waals surface area contributed by atoms with Gasteiger partial charge in [0.25, 0.3) is 0 Å². The second kappa shape index (κ2) is 4.78. The van der Waals surface area contributed by atoms with E-state index in [4.69, 9.17) is 5.73 Å². The highest BCUT2D eigenvalue weighted by Crippen LogP contribution is 2.25. The molecule has 0 aliphatic carbocycles. The van der Waals surface area contributed by atoms with Crippen molar-refractivity contribution in [1.82, 2.24) is 9.97 Å². The Bertz CT molecular complexity index is 498. The molecule has 2 aromatic rings. The second-order valence-electron chi connectivity index (χ2n) is 3.50. The van der Waals surface area contributed by atoms with Gasteiger partial charge in [0.1, 0.15) is 11.6 Å². The van der Waals surface area contributed by atoms with Crippen molar-refractivity contribution in [3.63, 3.8) is 0 Å². The number of benzene rings is 1. The van der Waals surface area contributed by atoms with E-state index in [1.54, 1.807) is 23.1 Å². The lowest BCUT2D eigenvalue weighted by atomic mass is 10.2. The molecule has 88 valence electrons. The highest BCUT2D eigenvalue weighted by molar-refractivity contribution is 5.60. The van der Waals surface area contributed by atoms with Gasteiger partial charge >= 0.3 is 0 Å². The van der Waals surface area contributed by atoms with Crippen LogP contribution in [0.15, 0.2) is 36.7 Å². The summed E-state index contributed by atoms with van der Waals surface area (Å²) in [4.78, 5) is 9.83. The summed E-state index contributed by atoms with van der Waals surface area (Å²) in [6, 6.07) is 6.56. The predicted molar refractivity (Wildman–Crippen MR) is 65.5 cm³/mol. The first-order chi connectivity index (χ1) is 8.22. The molecule has 1 aromatic heterocycles. The third-order valence-electron chi connectivity index (χ3n) is 2.39. The maximum atomic E-state index is 13.7. The molecule has 1 heterocycles. The summed E-state index contributed by atoms with van der Waals surface area (Å²) in [5, 5.41) is 0. The van der Waals surface area contributed by atoms with E-state index in [9.17, 15) is 4.39 Å². The molecule has 0 bridgehead atoms. The van der Waals surface area contributed by atoms with Crippen LogP contribution in [0.4, 0.5) is 21.7 Å². The summed E-state index contributed by atoms with van der Waals surface area (Å²) in [5.74, 6) is 0.637. The quantitative estimate of drug-likeness (QED) is 0.882. The fourth-order valence-corrected chi connectivity index (χ4v) is 1.60. The van der Waals surface area contributed by atoms with Gasteiger partial charge in [0.15, 0.2) is 5.82 Å². The summed E-state index contributed by atoms with van der Waals surface area (Å²) in [6.07, 6.45) is 2.99. The average molecular weight is 232 g/mol. The van der Waals surface area contributed by atoms with Gasteiger partial charge in [-0.1, -0.05) is 12.1 Å². The van der Waals surface area contributed by atoms with E-state index < -0.39 is 0 Å². The van der Waals surface area contributed by atoms with Gasteiger partial charge in [-0.2, -0.15) is 0 Å². The monoisotopic (exact) mass is 232 g/mol. The van der Waals surface area contributed by atoms with E-state index in [0.717, 1.165) is 0 Å². The molecule has 0 radical (unpaired) electrons. The first kappa shape index (κ1) is 11.3. The van der Waals surface area contributed by atoms with Crippen LogP contribution in [0.3, 0.4) is 0 Å². The third-order valence-corrected chi connectivity index (χ3v) is 2.39. The number of anilines is 3. The fraction of sp³-hybridized carbons (Fsp3) is 0.167. The van der Waals surface area contributed by atoms with Crippen LogP contribution in [0.2, 0.25) is 0 Å². The minimum Gasteiger partial charge on any atom is -0.382 e. The number of aromatic nitrogens is 2. The first-order valence-electron chi connectivity index (χ1n) is 5.32. The average Bonchev–Trinajstić information content (AvgIpc) is 2.35. The Labute approximate surface area is 98.9 Å². The number of nitrogen functional groups attached to an aromatic ring is 1. The van der Waals surface area contributed by atoms with Crippen LogP contribution in [-0.4, -0.2) is 16.5 Å². The molecule has 0 saturated heterocycles. The summed E-state index contributed by atoms with van der Waals surface area (Å²) in [7, 11) is 0. The number of nitrogens with zero attached hydrogens (tertiary/aromatic N) is 3. The summed E-state index contributed by atoms with van der Waals surface area (Å²) in [5.41, 5.74) is 5.95. The molecule has 0 aliphatic rings. The minimum absolute atomic E-state index is 0.284. The highest BCUT2D eigenvalue weighted by Gasteiger charge is 2.12. The van der Waals surface area contributed by atoms with Crippen molar-refractivity contribution in [1.29, 1.82) is 0 Å². The largest absolute Gasteiger partial charge is 0.382 e. The molecule has 0 unspecified atom stereocenters. The van der Waals surface area contributed by atoms with Gasteiger partial charge in [-0.3, -0.25) is 0 Å². The lowest BCUT2D eigenvalue weighted by molar-refractivity contribution is 0.625. The molecule has 0 atom stereocenters. The van der Waals surface area contributed by atoms with E-state index in [0.29, 0.717) is 23.9 Å². The molecule has 17 heavy (non-hydrogen) atoms. The maximum absolute atomic E-state index is 13.7. The van der Waals surface area contributed by atoms with Crippen LogP contribution in [0.5, 0.6) is 0 Å². The van der Waals surface area contributed by atoms with Crippen molar-refractivity contribution in [3.8, 4) is 0 Å². The summed E-state index contributed by atoms with van der Waals surface area (Å²) in [6.45, 7) is 2.52. The minimum atomic E-state index is -0.284.